The molecular formula is C11H19NO6S. The van der Waals surface area contributed by atoms with Gasteiger partial charge in [0.2, 0.25) is 10.0 Å². The summed E-state index contributed by atoms with van der Waals surface area (Å²) in [6, 6.07) is 0. The van der Waals surface area contributed by atoms with Crippen LogP contribution in [0.1, 0.15) is 19.8 Å². The number of methoxy groups -OCH3 is 1. The normalized spacial score (nSPS) is 19.9. The molecule has 1 rings (SSSR count). The maximum Gasteiger partial charge on any atom is 0.309 e. The number of ether oxygens (including phenoxy) is 1. The van der Waals surface area contributed by atoms with Gasteiger partial charge in [-0.25, -0.2) is 12.7 Å². The van der Waals surface area contributed by atoms with Crippen molar-refractivity contribution in [1.82, 2.24) is 4.31 Å². The van der Waals surface area contributed by atoms with Gasteiger partial charge in [0.1, 0.15) is 0 Å². The molecule has 0 saturated carbocycles. The summed E-state index contributed by atoms with van der Waals surface area (Å²) in [5.41, 5.74) is 0. The van der Waals surface area contributed by atoms with Crippen molar-refractivity contribution in [3.63, 3.8) is 0 Å². The molecule has 110 valence electrons. The number of carbonyl (C=O) groups excluding carboxylic acids is 1. The highest BCUT2D eigenvalue weighted by Gasteiger charge is 2.33. The Morgan fingerprint density at radius 3 is 2.32 bits per heavy atom. The molecule has 19 heavy (non-hydrogen) atoms. The van der Waals surface area contributed by atoms with E-state index in [9.17, 15) is 18.0 Å². The highest BCUT2D eigenvalue weighted by Crippen LogP contribution is 2.21. The number of carboxylic acid groups (broad SMARTS) is 1. The molecule has 1 heterocycles. The first-order chi connectivity index (χ1) is 8.77. The minimum absolute atomic E-state index is 0.188. The van der Waals surface area contributed by atoms with Gasteiger partial charge in [-0.1, -0.05) is 6.92 Å². The van der Waals surface area contributed by atoms with E-state index in [1.165, 1.54) is 18.3 Å². The van der Waals surface area contributed by atoms with Crippen molar-refractivity contribution in [3.05, 3.63) is 0 Å². The van der Waals surface area contributed by atoms with E-state index in [0.717, 1.165) is 0 Å². The highest BCUT2D eigenvalue weighted by atomic mass is 32.2. The van der Waals surface area contributed by atoms with Crippen molar-refractivity contribution >= 4 is 22.0 Å². The number of aliphatic carboxylic acids is 1. The van der Waals surface area contributed by atoms with Crippen LogP contribution in [0, 0.1) is 11.8 Å². The van der Waals surface area contributed by atoms with Crippen molar-refractivity contribution in [2.75, 3.05) is 26.0 Å². The molecule has 1 aliphatic heterocycles. The van der Waals surface area contributed by atoms with Crippen LogP contribution in [0.4, 0.5) is 0 Å². The number of piperidine rings is 1. The third-order valence-electron chi connectivity index (χ3n) is 3.26. The number of carbonyl (C=O) groups is 2. The first-order valence-corrected chi connectivity index (χ1v) is 7.67. The molecule has 0 spiro atoms. The second-order valence-electron chi connectivity index (χ2n) is 4.71. The molecule has 0 bridgehead atoms. The Balaban J connectivity index is 2.60. The summed E-state index contributed by atoms with van der Waals surface area (Å²) in [6.45, 7) is 1.87. The van der Waals surface area contributed by atoms with Crippen LogP contribution in [-0.2, 0) is 24.3 Å². The standard InChI is InChI=1S/C11H19NO6S/c1-8(11(15)18-2)7-19(16,17)12-5-3-9(4-6-12)10(13)14/h8-9H,3-7H2,1-2H3,(H,13,14). The van der Waals surface area contributed by atoms with Gasteiger partial charge < -0.3 is 9.84 Å². The molecule has 0 aromatic rings. The van der Waals surface area contributed by atoms with Crippen molar-refractivity contribution in [3.8, 4) is 0 Å². The van der Waals surface area contributed by atoms with Gasteiger partial charge in [0, 0.05) is 13.1 Å². The molecule has 8 heteroatoms. The molecular weight excluding hydrogens is 274 g/mol. The third kappa shape index (κ3) is 4.17. The fourth-order valence-corrected chi connectivity index (χ4v) is 3.82. The van der Waals surface area contributed by atoms with Crippen LogP contribution in [0.25, 0.3) is 0 Å². The second-order valence-corrected chi connectivity index (χ2v) is 6.73. The summed E-state index contributed by atoms with van der Waals surface area (Å²) in [4.78, 5) is 22.0. The Morgan fingerprint density at radius 1 is 1.37 bits per heavy atom. The fourth-order valence-electron chi connectivity index (χ4n) is 2.07. The van der Waals surface area contributed by atoms with E-state index in [1.54, 1.807) is 0 Å². The summed E-state index contributed by atoms with van der Waals surface area (Å²) in [7, 11) is -2.34. The van der Waals surface area contributed by atoms with Gasteiger partial charge in [0.05, 0.1) is 24.7 Å². The average molecular weight is 293 g/mol. The van der Waals surface area contributed by atoms with E-state index >= 15 is 0 Å². The van der Waals surface area contributed by atoms with Crippen LogP contribution in [0.5, 0.6) is 0 Å². The topological polar surface area (TPSA) is 101 Å². The van der Waals surface area contributed by atoms with Crippen LogP contribution in [0.2, 0.25) is 0 Å². The number of esters is 1. The lowest BCUT2D eigenvalue weighted by molar-refractivity contribution is -0.144. The minimum Gasteiger partial charge on any atom is -0.481 e. The largest absolute Gasteiger partial charge is 0.481 e. The Bertz CT molecular complexity index is 438. The molecule has 1 saturated heterocycles. The lowest BCUT2D eigenvalue weighted by atomic mass is 9.99. The van der Waals surface area contributed by atoms with Gasteiger partial charge in [0.15, 0.2) is 0 Å². The van der Waals surface area contributed by atoms with Crippen molar-refractivity contribution < 1.29 is 27.9 Å². The third-order valence-corrected chi connectivity index (χ3v) is 5.33. The van der Waals surface area contributed by atoms with Gasteiger partial charge in [-0.3, -0.25) is 9.59 Å². The molecule has 1 fully saturated rings. The number of carboxylic acids is 1. The molecule has 0 aromatic heterocycles. The Kier molecular flexibility index (Phi) is 5.30. The molecule has 1 unspecified atom stereocenters. The van der Waals surface area contributed by atoms with Crippen LogP contribution < -0.4 is 0 Å². The lowest BCUT2D eigenvalue weighted by Crippen LogP contribution is -2.42. The summed E-state index contributed by atoms with van der Waals surface area (Å²) in [5, 5.41) is 8.85. The monoisotopic (exact) mass is 293 g/mol. The van der Waals surface area contributed by atoms with Crippen LogP contribution >= 0.6 is 0 Å². The Labute approximate surface area is 112 Å². The van der Waals surface area contributed by atoms with Crippen molar-refractivity contribution in [2.45, 2.75) is 19.8 Å². The van der Waals surface area contributed by atoms with E-state index in [1.807, 2.05) is 0 Å². The lowest BCUT2D eigenvalue weighted by Gasteiger charge is -2.29. The molecule has 1 aliphatic rings. The van der Waals surface area contributed by atoms with Gasteiger partial charge in [-0.05, 0) is 12.8 Å². The molecule has 0 aliphatic carbocycles. The van der Waals surface area contributed by atoms with Gasteiger partial charge in [-0.15, -0.1) is 0 Å². The Hall–Kier alpha value is -1.15. The van der Waals surface area contributed by atoms with E-state index < -0.39 is 33.8 Å². The maximum absolute atomic E-state index is 12.1. The summed E-state index contributed by atoms with van der Waals surface area (Å²) in [6.07, 6.45) is 0.613. The molecule has 0 aromatic carbocycles. The fraction of sp³-hybridized carbons (Fsp3) is 0.818. The average Bonchev–Trinajstić information content (AvgIpc) is 2.37. The number of hydrogen-bond acceptors (Lipinski definition) is 5. The summed E-state index contributed by atoms with van der Waals surface area (Å²) >= 11 is 0. The predicted octanol–water partition coefficient (Wildman–Crippen LogP) is -0.0781. The maximum atomic E-state index is 12.1. The minimum atomic E-state index is -3.55. The van der Waals surface area contributed by atoms with Crippen molar-refractivity contribution in [2.24, 2.45) is 11.8 Å². The van der Waals surface area contributed by atoms with Gasteiger partial charge in [-0.2, -0.15) is 0 Å². The zero-order valence-corrected chi connectivity index (χ0v) is 11.9. The van der Waals surface area contributed by atoms with E-state index in [2.05, 4.69) is 4.74 Å². The summed E-state index contributed by atoms with van der Waals surface area (Å²) < 4.78 is 29.9. The molecule has 1 N–H and O–H groups in total. The first kappa shape index (κ1) is 15.9. The molecule has 0 radical (unpaired) electrons. The quantitative estimate of drug-likeness (QED) is 0.712. The summed E-state index contributed by atoms with van der Waals surface area (Å²) in [5.74, 6) is -2.97. The van der Waals surface area contributed by atoms with E-state index in [4.69, 9.17) is 5.11 Å². The van der Waals surface area contributed by atoms with Crippen LogP contribution in [-0.4, -0.2) is 55.7 Å². The molecule has 1 atom stereocenters. The van der Waals surface area contributed by atoms with E-state index in [-0.39, 0.29) is 18.8 Å². The highest BCUT2D eigenvalue weighted by molar-refractivity contribution is 7.89. The zero-order valence-electron chi connectivity index (χ0n) is 11.0. The van der Waals surface area contributed by atoms with Crippen molar-refractivity contribution in [1.29, 1.82) is 0 Å². The Morgan fingerprint density at radius 2 is 1.89 bits per heavy atom. The smallest absolute Gasteiger partial charge is 0.309 e. The van der Waals surface area contributed by atoms with Crippen LogP contribution in [0.15, 0.2) is 0 Å². The van der Waals surface area contributed by atoms with Gasteiger partial charge in [0.25, 0.3) is 0 Å². The zero-order chi connectivity index (χ0) is 14.6. The first-order valence-electron chi connectivity index (χ1n) is 6.06. The van der Waals surface area contributed by atoms with Crippen LogP contribution in [0.3, 0.4) is 0 Å². The number of nitrogens with zero attached hydrogens (tertiary/aromatic N) is 1. The SMILES string of the molecule is COC(=O)C(C)CS(=O)(=O)N1CCC(C(=O)O)CC1. The van der Waals surface area contributed by atoms with Gasteiger partial charge >= 0.3 is 11.9 Å². The van der Waals surface area contributed by atoms with E-state index in [0.29, 0.717) is 12.8 Å². The predicted molar refractivity (Wildman–Crippen MR) is 66.9 cm³/mol. The number of rotatable bonds is 5. The molecule has 7 nitrogen and oxygen atoms in total. The number of hydrogen-bond donors (Lipinski definition) is 1. The second kappa shape index (κ2) is 6.33. The molecule has 0 amide bonds. The number of sulfonamides is 1.